The normalized spacial score (nSPS) is 27.8. The van der Waals surface area contributed by atoms with Crippen LogP contribution in [-0.2, 0) is 4.74 Å². The molecule has 0 spiro atoms. The number of amides is 1. The van der Waals surface area contributed by atoms with Gasteiger partial charge in [-0.1, -0.05) is 56.9 Å². The lowest BCUT2D eigenvalue weighted by Gasteiger charge is -2.48. The number of ether oxygens (including phenoxy) is 1. The Morgan fingerprint density at radius 2 is 2.06 bits per heavy atom. The monoisotopic (exact) mass is 436 g/mol. The lowest BCUT2D eigenvalue weighted by atomic mass is 9.57. The Morgan fingerprint density at radius 3 is 2.78 bits per heavy atom. The first-order chi connectivity index (χ1) is 15.5. The van der Waals surface area contributed by atoms with Gasteiger partial charge in [0.1, 0.15) is 5.82 Å². The Hall–Kier alpha value is -2.69. The van der Waals surface area contributed by atoms with Crippen LogP contribution in [-0.4, -0.2) is 17.7 Å². The van der Waals surface area contributed by atoms with E-state index in [1.807, 2.05) is 18.2 Å². The van der Waals surface area contributed by atoms with Crippen LogP contribution in [0.25, 0.3) is 17.2 Å². The number of nitrogens with two attached hydrogens (primary N) is 1. The molecule has 4 nitrogen and oxygen atoms in total. The van der Waals surface area contributed by atoms with E-state index in [1.165, 1.54) is 37.8 Å². The first kappa shape index (κ1) is 22.5. The standard InChI is InChI=1S/C27H33FN2O2/c1-2-24-21(17-32-27(29)31)14-19-6-3-4-9-25(19)26(24)13-12-23-11-10-20(16-30-23)18-7-5-8-22(28)15-18/h5,7-8,10-13,15-16,19,21,24-26H,2-4,6,9,14,17H2,1H3,(H2,29,31)/b13-12+/t19-,21-,24+,25+,26+/m0/s1. The van der Waals surface area contributed by atoms with Crippen molar-refractivity contribution in [1.29, 1.82) is 0 Å². The molecule has 1 amide bonds. The third-order valence-electron chi connectivity index (χ3n) is 7.51. The molecule has 1 aromatic heterocycles. The predicted octanol–water partition coefficient (Wildman–Crippen LogP) is 6.46. The van der Waals surface area contributed by atoms with Gasteiger partial charge in [0.05, 0.1) is 12.3 Å². The molecule has 32 heavy (non-hydrogen) atoms. The highest BCUT2D eigenvalue weighted by Gasteiger charge is 2.43. The zero-order valence-corrected chi connectivity index (χ0v) is 18.8. The van der Waals surface area contributed by atoms with Gasteiger partial charge in [0.15, 0.2) is 0 Å². The number of hydrogen-bond acceptors (Lipinski definition) is 3. The summed E-state index contributed by atoms with van der Waals surface area (Å²) >= 11 is 0. The highest BCUT2D eigenvalue weighted by atomic mass is 19.1. The Balaban J connectivity index is 1.53. The Labute approximate surface area is 190 Å². The number of carbonyl (C=O) groups is 1. The SMILES string of the molecule is CC[C@@H]1[C@H](COC(N)=O)C[C@@H]2CCCC[C@H]2[C@@H]1/C=C/c1ccc(-c2cccc(F)c2)cn1. The second kappa shape index (κ2) is 10.3. The highest BCUT2D eigenvalue weighted by molar-refractivity contribution is 5.64. The number of rotatable bonds is 6. The van der Waals surface area contributed by atoms with E-state index in [-0.39, 0.29) is 5.82 Å². The molecule has 2 aromatic rings. The summed E-state index contributed by atoms with van der Waals surface area (Å²) in [7, 11) is 0. The molecule has 2 fully saturated rings. The fraction of sp³-hybridized carbons (Fsp3) is 0.481. The van der Waals surface area contributed by atoms with Gasteiger partial charge in [0.25, 0.3) is 0 Å². The topological polar surface area (TPSA) is 65.2 Å². The summed E-state index contributed by atoms with van der Waals surface area (Å²) in [5, 5.41) is 0. The van der Waals surface area contributed by atoms with E-state index in [4.69, 9.17) is 10.5 Å². The van der Waals surface area contributed by atoms with Gasteiger partial charge in [-0.25, -0.2) is 9.18 Å². The van der Waals surface area contributed by atoms with Crippen LogP contribution in [0, 0.1) is 35.4 Å². The fourth-order valence-corrected chi connectivity index (χ4v) is 6.06. The third-order valence-corrected chi connectivity index (χ3v) is 7.51. The Morgan fingerprint density at radius 1 is 1.22 bits per heavy atom. The summed E-state index contributed by atoms with van der Waals surface area (Å²) in [4.78, 5) is 15.8. The Kier molecular flexibility index (Phi) is 7.23. The smallest absolute Gasteiger partial charge is 0.404 e. The van der Waals surface area contributed by atoms with E-state index >= 15 is 0 Å². The number of carbonyl (C=O) groups excluding carboxylic acids is 1. The molecule has 0 bridgehead atoms. The van der Waals surface area contributed by atoms with Crippen molar-refractivity contribution in [2.24, 2.45) is 35.3 Å². The van der Waals surface area contributed by atoms with Gasteiger partial charge in [0, 0.05) is 11.8 Å². The molecule has 4 rings (SSSR count). The van der Waals surface area contributed by atoms with Gasteiger partial charge in [-0.15, -0.1) is 0 Å². The molecule has 1 heterocycles. The van der Waals surface area contributed by atoms with E-state index in [0.717, 1.165) is 29.7 Å². The minimum absolute atomic E-state index is 0.244. The molecule has 170 valence electrons. The first-order valence-electron chi connectivity index (χ1n) is 11.9. The van der Waals surface area contributed by atoms with Gasteiger partial charge < -0.3 is 10.5 Å². The molecule has 5 heteroatoms. The van der Waals surface area contributed by atoms with Gasteiger partial charge in [-0.3, -0.25) is 4.98 Å². The van der Waals surface area contributed by atoms with E-state index in [9.17, 15) is 9.18 Å². The van der Waals surface area contributed by atoms with Crippen molar-refractivity contribution in [1.82, 2.24) is 4.98 Å². The van der Waals surface area contributed by atoms with Crippen LogP contribution in [0.5, 0.6) is 0 Å². The van der Waals surface area contributed by atoms with Crippen molar-refractivity contribution >= 4 is 12.2 Å². The lowest BCUT2D eigenvalue weighted by Crippen LogP contribution is -2.42. The van der Waals surface area contributed by atoms with E-state index in [1.54, 1.807) is 12.3 Å². The molecule has 0 aliphatic heterocycles. The van der Waals surface area contributed by atoms with Crippen molar-refractivity contribution in [2.45, 2.75) is 45.4 Å². The summed E-state index contributed by atoms with van der Waals surface area (Å²) in [5.41, 5.74) is 7.89. The second-order valence-electron chi connectivity index (χ2n) is 9.32. The van der Waals surface area contributed by atoms with Crippen molar-refractivity contribution in [2.75, 3.05) is 6.61 Å². The minimum Gasteiger partial charge on any atom is -0.449 e. The fourth-order valence-electron chi connectivity index (χ4n) is 6.06. The molecule has 2 aliphatic carbocycles. The Bertz CT molecular complexity index is 943. The zero-order valence-electron chi connectivity index (χ0n) is 18.8. The zero-order chi connectivity index (χ0) is 22.5. The largest absolute Gasteiger partial charge is 0.449 e. The molecule has 2 aliphatic rings. The van der Waals surface area contributed by atoms with Crippen molar-refractivity contribution in [3.63, 3.8) is 0 Å². The quantitative estimate of drug-likeness (QED) is 0.565. The molecule has 0 saturated heterocycles. The summed E-state index contributed by atoms with van der Waals surface area (Å²) < 4.78 is 18.8. The van der Waals surface area contributed by atoms with E-state index in [2.05, 4.69) is 24.1 Å². The maximum absolute atomic E-state index is 13.5. The molecular formula is C27H33FN2O2. The molecule has 0 unspecified atom stereocenters. The first-order valence-corrected chi connectivity index (χ1v) is 11.9. The van der Waals surface area contributed by atoms with Crippen LogP contribution in [0.2, 0.25) is 0 Å². The summed E-state index contributed by atoms with van der Waals surface area (Å²) in [5.74, 6) is 2.39. The second-order valence-corrected chi connectivity index (χ2v) is 9.32. The van der Waals surface area contributed by atoms with Crippen LogP contribution < -0.4 is 5.73 Å². The van der Waals surface area contributed by atoms with Gasteiger partial charge in [-0.2, -0.15) is 0 Å². The number of fused-ring (bicyclic) bond motifs is 1. The molecule has 0 radical (unpaired) electrons. The van der Waals surface area contributed by atoms with Crippen LogP contribution in [0.4, 0.5) is 9.18 Å². The van der Waals surface area contributed by atoms with Gasteiger partial charge in [-0.05, 0) is 72.3 Å². The number of benzene rings is 1. The summed E-state index contributed by atoms with van der Waals surface area (Å²) in [6.07, 6.45) is 12.9. The number of hydrogen-bond donors (Lipinski definition) is 1. The molecule has 2 saturated carbocycles. The molecular weight excluding hydrogens is 403 g/mol. The number of pyridine rings is 1. The lowest BCUT2D eigenvalue weighted by molar-refractivity contribution is 0.00304. The van der Waals surface area contributed by atoms with Crippen LogP contribution in [0.15, 0.2) is 48.7 Å². The van der Waals surface area contributed by atoms with Crippen LogP contribution in [0.1, 0.15) is 51.1 Å². The van der Waals surface area contributed by atoms with E-state index in [0.29, 0.717) is 36.2 Å². The predicted molar refractivity (Wildman–Crippen MR) is 125 cm³/mol. The number of aromatic nitrogens is 1. The van der Waals surface area contributed by atoms with Crippen LogP contribution >= 0.6 is 0 Å². The van der Waals surface area contributed by atoms with Crippen molar-refractivity contribution in [3.05, 3.63) is 60.2 Å². The minimum atomic E-state index is -0.680. The third kappa shape index (κ3) is 5.20. The maximum Gasteiger partial charge on any atom is 0.404 e. The molecule has 2 N–H and O–H groups in total. The van der Waals surface area contributed by atoms with Gasteiger partial charge >= 0.3 is 6.09 Å². The summed E-state index contributed by atoms with van der Waals surface area (Å²) in [6, 6.07) is 10.6. The average Bonchev–Trinajstić information content (AvgIpc) is 2.81. The van der Waals surface area contributed by atoms with Crippen LogP contribution in [0.3, 0.4) is 0 Å². The van der Waals surface area contributed by atoms with Gasteiger partial charge in [0.2, 0.25) is 0 Å². The molecule has 1 aromatic carbocycles. The van der Waals surface area contributed by atoms with Crippen molar-refractivity contribution < 1.29 is 13.9 Å². The molecule has 5 atom stereocenters. The number of halogens is 1. The highest BCUT2D eigenvalue weighted by Crippen LogP contribution is 2.50. The number of allylic oxidation sites excluding steroid dienone is 1. The summed E-state index contributed by atoms with van der Waals surface area (Å²) in [6.45, 7) is 2.65. The van der Waals surface area contributed by atoms with E-state index < -0.39 is 6.09 Å². The average molecular weight is 437 g/mol. The number of nitrogens with zero attached hydrogens (tertiary/aromatic N) is 1. The van der Waals surface area contributed by atoms with Crippen molar-refractivity contribution in [3.8, 4) is 11.1 Å². The maximum atomic E-state index is 13.5. The number of primary amides is 1.